The van der Waals surface area contributed by atoms with E-state index in [1.807, 2.05) is 0 Å². The number of phenolic OH excluding ortho intramolecular Hbond substituents is 1. The molecule has 0 saturated heterocycles. The number of hydrogen-bond donors (Lipinski definition) is 1. The summed E-state index contributed by atoms with van der Waals surface area (Å²) < 4.78 is 5.45. The fourth-order valence-corrected chi connectivity index (χ4v) is 1.28. The number of halogens is 1. The minimum Gasteiger partial charge on any atom is -0.506 e. The normalized spacial score (nSPS) is 15.8. The third-order valence-electron chi connectivity index (χ3n) is 2.11. The molecular weight excluding hydrogens is 188 g/mol. The van der Waals surface area contributed by atoms with Gasteiger partial charge in [0, 0.05) is 0 Å². The molecule has 0 bridgehead atoms. The van der Waals surface area contributed by atoms with Crippen molar-refractivity contribution in [3.05, 3.63) is 23.2 Å². The Kier molecular flexibility index (Phi) is 2.32. The highest BCUT2D eigenvalue weighted by Crippen LogP contribution is 2.35. The summed E-state index contributed by atoms with van der Waals surface area (Å²) in [5.41, 5.74) is 0. The number of phenols is 1. The van der Waals surface area contributed by atoms with E-state index in [0.717, 1.165) is 0 Å². The van der Waals surface area contributed by atoms with Gasteiger partial charge >= 0.3 is 0 Å². The molecule has 70 valence electrons. The van der Waals surface area contributed by atoms with E-state index in [1.54, 1.807) is 18.2 Å². The first kappa shape index (κ1) is 8.70. The van der Waals surface area contributed by atoms with Crippen LogP contribution in [0.15, 0.2) is 18.2 Å². The van der Waals surface area contributed by atoms with Crippen LogP contribution in [-0.4, -0.2) is 11.7 Å². The smallest absolute Gasteiger partial charge is 0.141 e. The molecule has 0 radical (unpaired) electrons. The van der Waals surface area contributed by atoms with Crippen LogP contribution in [0.25, 0.3) is 0 Å². The molecule has 0 heterocycles. The van der Waals surface area contributed by atoms with Crippen molar-refractivity contribution in [3.8, 4) is 11.5 Å². The Hall–Kier alpha value is -0.890. The Labute approximate surface area is 82.1 Å². The molecule has 0 unspecified atom stereocenters. The minimum absolute atomic E-state index is 0.0787. The first-order chi connectivity index (χ1) is 6.27. The molecule has 0 atom stereocenters. The van der Waals surface area contributed by atoms with Crippen LogP contribution in [0.5, 0.6) is 11.5 Å². The standard InChI is InChI=1S/C10H11ClO2/c11-10-8(12)2-1-3-9(10)13-6-7-4-5-7/h1-3,7,12H,4-6H2. The van der Waals surface area contributed by atoms with Gasteiger partial charge < -0.3 is 9.84 Å². The monoisotopic (exact) mass is 198 g/mol. The van der Waals surface area contributed by atoms with Crippen LogP contribution in [0.3, 0.4) is 0 Å². The molecule has 1 aliphatic carbocycles. The maximum absolute atomic E-state index is 9.27. The van der Waals surface area contributed by atoms with Crippen molar-refractivity contribution in [2.24, 2.45) is 5.92 Å². The second-order valence-corrected chi connectivity index (χ2v) is 3.72. The van der Waals surface area contributed by atoms with Crippen LogP contribution in [-0.2, 0) is 0 Å². The van der Waals surface area contributed by atoms with Crippen molar-refractivity contribution in [3.63, 3.8) is 0 Å². The Morgan fingerprint density at radius 1 is 1.46 bits per heavy atom. The van der Waals surface area contributed by atoms with Crippen molar-refractivity contribution in [1.29, 1.82) is 0 Å². The zero-order valence-corrected chi connectivity index (χ0v) is 7.92. The molecule has 1 fully saturated rings. The second kappa shape index (κ2) is 3.46. The number of rotatable bonds is 3. The SMILES string of the molecule is Oc1cccc(OCC2CC2)c1Cl. The van der Waals surface area contributed by atoms with E-state index in [1.165, 1.54) is 12.8 Å². The van der Waals surface area contributed by atoms with Gasteiger partial charge in [0.15, 0.2) is 0 Å². The molecule has 0 aromatic heterocycles. The van der Waals surface area contributed by atoms with Gasteiger partial charge in [-0.1, -0.05) is 17.7 Å². The van der Waals surface area contributed by atoms with Gasteiger partial charge in [0.2, 0.25) is 0 Å². The number of hydrogen-bond acceptors (Lipinski definition) is 2. The first-order valence-electron chi connectivity index (χ1n) is 4.37. The molecular formula is C10H11ClO2. The summed E-state index contributed by atoms with van der Waals surface area (Å²) in [6.07, 6.45) is 2.49. The van der Waals surface area contributed by atoms with Crippen LogP contribution in [0.1, 0.15) is 12.8 Å². The van der Waals surface area contributed by atoms with Gasteiger partial charge in [0.25, 0.3) is 0 Å². The summed E-state index contributed by atoms with van der Waals surface area (Å²) in [6.45, 7) is 0.711. The summed E-state index contributed by atoms with van der Waals surface area (Å²) in [5.74, 6) is 1.35. The number of ether oxygens (including phenoxy) is 1. The van der Waals surface area contributed by atoms with Crippen LogP contribution in [0.4, 0.5) is 0 Å². The van der Waals surface area contributed by atoms with Gasteiger partial charge in [0.1, 0.15) is 16.5 Å². The fourth-order valence-electron chi connectivity index (χ4n) is 1.10. The van der Waals surface area contributed by atoms with Crippen LogP contribution >= 0.6 is 11.6 Å². The van der Waals surface area contributed by atoms with Crippen LogP contribution < -0.4 is 4.74 Å². The lowest BCUT2D eigenvalue weighted by molar-refractivity contribution is 0.298. The lowest BCUT2D eigenvalue weighted by atomic mass is 10.3. The summed E-state index contributed by atoms with van der Waals surface area (Å²) >= 11 is 5.82. The van der Waals surface area contributed by atoms with E-state index in [0.29, 0.717) is 23.3 Å². The van der Waals surface area contributed by atoms with Gasteiger partial charge in [-0.2, -0.15) is 0 Å². The minimum atomic E-state index is 0.0787. The highest BCUT2D eigenvalue weighted by atomic mass is 35.5. The molecule has 1 aromatic carbocycles. The largest absolute Gasteiger partial charge is 0.506 e. The molecule has 1 N–H and O–H groups in total. The van der Waals surface area contributed by atoms with Crippen LogP contribution in [0, 0.1) is 5.92 Å². The Morgan fingerprint density at radius 2 is 2.23 bits per heavy atom. The van der Waals surface area contributed by atoms with Crippen molar-refractivity contribution in [2.75, 3.05) is 6.61 Å². The Bertz CT molecular complexity index is 308. The van der Waals surface area contributed by atoms with Crippen molar-refractivity contribution >= 4 is 11.6 Å². The zero-order valence-electron chi connectivity index (χ0n) is 7.16. The highest BCUT2D eigenvalue weighted by molar-refractivity contribution is 6.33. The predicted molar refractivity (Wildman–Crippen MR) is 51.3 cm³/mol. The molecule has 0 amide bonds. The topological polar surface area (TPSA) is 29.5 Å². The predicted octanol–water partition coefficient (Wildman–Crippen LogP) is 2.83. The molecule has 1 saturated carbocycles. The summed E-state index contributed by atoms with van der Waals surface area (Å²) in [4.78, 5) is 0. The van der Waals surface area contributed by atoms with E-state index in [4.69, 9.17) is 16.3 Å². The van der Waals surface area contributed by atoms with E-state index in [9.17, 15) is 5.11 Å². The average Bonchev–Trinajstić information content (AvgIpc) is 2.91. The third-order valence-corrected chi connectivity index (χ3v) is 2.49. The zero-order chi connectivity index (χ0) is 9.26. The van der Waals surface area contributed by atoms with E-state index in [2.05, 4.69) is 0 Å². The lowest BCUT2D eigenvalue weighted by Crippen LogP contribution is -1.99. The summed E-state index contributed by atoms with van der Waals surface area (Å²) in [5, 5.41) is 9.58. The molecule has 0 aliphatic heterocycles. The second-order valence-electron chi connectivity index (χ2n) is 3.34. The van der Waals surface area contributed by atoms with Crippen molar-refractivity contribution in [2.45, 2.75) is 12.8 Å². The maximum Gasteiger partial charge on any atom is 0.141 e. The van der Waals surface area contributed by atoms with Gasteiger partial charge in [-0.25, -0.2) is 0 Å². The Balaban J connectivity index is 2.05. The summed E-state index contributed by atoms with van der Waals surface area (Å²) in [7, 11) is 0. The van der Waals surface area contributed by atoms with Crippen molar-refractivity contribution in [1.82, 2.24) is 0 Å². The lowest BCUT2D eigenvalue weighted by Gasteiger charge is -2.07. The molecule has 0 spiro atoms. The maximum atomic E-state index is 9.27. The third kappa shape index (κ3) is 2.07. The summed E-state index contributed by atoms with van der Waals surface area (Å²) in [6, 6.07) is 5.04. The van der Waals surface area contributed by atoms with Gasteiger partial charge in [-0.3, -0.25) is 0 Å². The first-order valence-corrected chi connectivity index (χ1v) is 4.75. The quantitative estimate of drug-likeness (QED) is 0.810. The molecule has 13 heavy (non-hydrogen) atoms. The molecule has 2 nitrogen and oxygen atoms in total. The Morgan fingerprint density at radius 3 is 2.92 bits per heavy atom. The van der Waals surface area contributed by atoms with E-state index < -0.39 is 0 Å². The number of benzene rings is 1. The van der Waals surface area contributed by atoms with Gasteiger partial charge in [-0.05, 0) is 30.9 Å². The van der Waals surface area contributed by atoms with E-state index in [-0.39, 0.29) is 5.75 Å². The molecule has 3 heteroatoms. The highest BCUT2D eigenvalue weighted by Gasteiger charge is 2.22. The molecule has 1 aliphatic rings. The van der Waals surface area contributed by atoms with E-state index >= 15 is 0 Å². The van der Waals surface area contributed by atoms with Gasteiger partial charge in [-0.15, -0.1) is 0 Å². The van der Waals surface area contributed by atoms with Crippen molar-refractivity contribution < 1.29 is 9.84 Å². The molecule has 2 rings (SSSR count). The number of aromatic hydroxyl groups is 1. The van der Waals surface area contributed by atoms with Gasteiger partial charge in [0.05, 0.1) is 6.61 Å². The fraction of sp³-hybridized carbons (Fsp3) is 0.400. The van der Waals surface area contributed by atoms with Crippen LogP contribution in [0.2, 0.25) is 5.02 Å². The average molecular weight is 199 g/mol. The molecule has 1 aromatic rings.